The van der Waals surface area contributed by atoms with E-state index < -0.39 is 0 Å². The molecule has 2 atom stereocenters. The Bertz CT molecular complexity index is 695. The van der Waals surface area contributed by atoms with Crippen LogP contribution in [0.25, 0.3) is 10.9 Å². The molecule has 2 fully saturated rings. The number of aromatic nitrogens is 1. The summed E-state index contributed by atoms with van der Waals surface area (Å²) >= 11 is 0. The lowest BCUT2D eigenvalue weighted by Gasteiger charge is -2.44. The number of hydrogen-bond acceptors (Lipinski definition) is 2. The molecule has 1 amide bonds. The molecule has 1 saturated heterocycles. The zero-order valence-corrected chi connectivity index (χ0v) is 12.9. The molecule has 4 rings (SSSR count). The van der Waals surface area contributed by atoms with E-state index in [1.165, 1.54) is 32.1 Å². The molecular formula is C19H22N2O. The van der Waals surface area contributed by atoms with Crippen molar-refractivity contribution in [2.75, 3.05) is 6.54 Å². The van der Waals surface area contributed by atoms with E-state index in [9.17, 15) is 4.79 Å². The van der Waals surface area contributed by atoms with Crippen LogP contribution in [0.1, 0.15) is 48.9 Å². The van der Waals surface area contributed by atoms with E-state index in [0.29, 0.717) is 6.04 Å². The van der Waals surface area contributed by atoms with Gasteiger partial charge in [0.15, 0.2) is 0 Å². The number of para-hydroxylation sites is 1. The number of fused-ring (bicyclic) bond motifs is 2. The third-order valence-electron chi connectivity index (χ3n) is 5.34. The topological polar surface area (TPSA) is 33.2 Å². The molecule has 0 unspecified atom stereocenters. The second-order valence-electron chi connectivity index (χ2n) is 6.67. The van der Waals surface area contributed by atoms with Gasteiger partial charge in [-0.25, -0.2) is 0 Å². The molecule has 3 heteroatoms. The molecule has 2 aliphatic rings. The molecule has 1 aliphatic heterocycles. The standard InChI is InChI=1S/C19H22N2O/c22-19(16-12-15-7-1-3-9-17(15)20-13-16)21-11-5-8-14-6-2-4-10-18(14)21/h1,3,7,9,12-14,18H,2,4-6,8,10-11H2/t14-,18+/m0/s1. The van der Waals surface area contributed by atoms with Crippen LogP contribution in [-0.2, 0) is 0 Å². The van der Waals surface area contributed by atoms with Crippen molar-refractivity contribution in [3.05, 3.63) is 42.1 Å². The van der Waals surface area contributed by atoms with E-state index in [-0.39, 0.29) is 5.91 Å². The van der Waals surface area contributed by atoms with E-state index in [0.717, 1.165) is 35.3 Å². The average Bonchev–Trinajstić information content (AvgIpc) is 2.60. The normalized spacial score (nSPS) is 25.0. The van der Waals surface area contributed by atoms with E-state index in [4.69, 9.17) is 0 Å². The van der Waals surface area contributed by atoms with Gasteiger partial charge in [0.1, 0.15) is 0 Å². The third-order valence-corrected chi connectivity index (χ3v) is 5.34. The van der Waals surface area contributed by atoms with Crippen LogP contribution in [0.5, 0.6) is 0 Å². The lowest BCUT2D eigenvalue weighted by Crippen LogP contribution is -2.49. The Labute approximate surface area is 131 Å². The quantitative estimate of drug-likeness (QED) is 0.795. The first kappa shape index (κ1) is 13.7. The van der Waals surface area contributed by atoms with E-state index in [1.54, 1.807) is 6.20 Å². The molecule has 0 spiro atoms. The number of hydrogen-bond donors (Lipinski definition) is 0. The van der Waals surface area contributed by atoms with Crippen molar-refractivity contribution in [1.29, 1.82) is 0 Å². The van der Waals surface area contributed by atoms with E-state index in [1.807, 2.05) is 30.3 Å². The van der Waals surface area contributed by atoms with Gasteiger partial charge in [-0.15, -0.1) is 0 Å². The average molecular weight is 294 g/mol. The van der Waals surface area contributed by atoms with Crippen molar-refractivity contribution in [2.24, 2.45) is 5.92 Å². The van der Waals surface area contributed by atoms with Crippen molar-refractivity contribution in [2.45, 2.75) is 44.6 Å². The molecule has 1 saturated carbocycles. The van der Waals surface area contributed by atoms with Crippen LogP contribution < -0.4 is 0 Å². The summed E-state index contributed by atoms with van der Waals surface area (Å²) in [5.74, 6) is 0.898. The van der Waals surface area contributed by atoms with Crippen LogP contribution in [0.3, 0.4) is 0 Å². The SMILES string of the molecule is O=C(c1cnc2ccccc2c1)N1CCC[C@@H]2CCCC[C@H]21. The van der Waals surface area contributed by atoms with Gasteiger partial charge in [-0.05, 0) is 43.7 Å². The number of carbonyl (C=O) groups excluding carboxylic acids is 1. The first-order valence-corrected chi connectivity index (χ1v) is 8.49. The summed E-state index contributed by atoms with van der Waals surface area (Å²) in [6.45, 7) is 0.910. The Hall–Kier alpha value is -1.90. The van der Waals surface area contributed by atoms with Gasteiger partial charge >= 0.3 is 0 Å². The van der Waals surface area contributed by atoms with Crippen LogP contribution in [0.2, 0.25) is 0 Å². The Morgan fingerprint density at radius 2 is 1.91 bits per heavy atom. The molecule has 22 heavy (non-hydrogen) atoms. The molecule has 1 aromatic heterocycles. The Kier molecular flexibility index (Phi) is 3.57. The number of benzene rings is 1. The lowest BCUT2D eigenvalue weighted by atomic mass is 9.78. The van der Waals surface area contributed by atoms with Crippen molar-refractivity contribution in [1.82, 2.24) is 9.88 Å². The smallest absolute Gasteiger partial charge is 0.255 e. The van der Waals surface area contributed by atoms with E-state index >= 15 is 0 Å². The minimum atomic E-state index is 0.176. The highest BCUT2D eigenvalue weighted by atomic mass is 16.2. The minimum absolute atomic E-state index is 0.176. The fourth-order valence-electron chi connectivity index (χ4n) is 4.23. The third kappa shape index (κ3) is 2.39. The lowest BCUT2D eigenvalue weighted by molar-refractivity contribution is 0.0390. The fourth-order valence-corrected chi connectivity index (χ4v) is 4.23. The van der Waals surface area contributed by atoms with Gasteiger partial charge in [-0.3, -0.25) is 9.78 Å². The first-order chi connectivity index (χ1) is 10.8. The van der Waals surface area contributed by atoms with Crippen LogP contribution in [0, 0.1) is 5.92 Å². The summed E-state index contributed by atoms with van der Waals surface area (Å²) in [6, 6.07) is 10.4. The second-order valence-corrected chi connectivity index (χ2v) is 6.67. The van der Waals surface area contributed by atoms with Crippen molar-refractivity contribution >= 4 is 16.8 Å². The molecule has 114 valence electrons. The van der Waals surface area contributed by atoms with Crippen molar-refractivity contribution in [3.63, 3.8) is 0 Å². The predicted molar refractivity (Wildman–Crippen MR) is 87.8 cm³/mol. The fraction of sp³-hybridized carbons (Fsp3) is 0.474. The molecular weight excluding hydrogens is 272 g/mol. The first-order valence-electron chi connectivity index (χ1n) is 8.49. The maximum Gasteiger partial charge on any atom is 0.255 e. The number of piperidine rings is 1. The maximum absolute atomic E-state index is 13.0. The Morgan fingerprint density at radius 3 is 2.86 bits per heavy atom. The zero-order valence-electron chi connectivity index (χ0n) is 12.9. The summed E-state index contributed by atoms with van der Waals surface area (Å²) in [5, 5.41) is 1.05. The molecule has 2 aromatic rings. The Balaban J connectivity index is 1.64. The maximum atomic E-state index is 13.0. The summed E-state index contributed by atoms with van der Waals surface area (Å²) in [7, 11) is 0. The molecule has 0 N–H and O–H groups in total. The molecule has 3 nitrogen and oxygen atoms in total. The highest BCUT2D eigenvalue weighted by Crippen LogP contribution is 2.36. The molecule has 2 heterocycles. The molecule has 1 aromatic carbocycles. The predicted octanol–water partition coefficient (Wildman–Crippen LogP) is 4.03. The summed E-state index contributed by atoms with van der Waals surface area (Å²) in [4.78, 5) is 19.6. The zero-order chi connectivity index (χ0) is 14.9. The molecule has 0 radical (unpaired) electrons. The van der Waals surface area contributed by atoms with Gasteiger partial charge < -0.3 is 4.90 Å². The number of nitrogens with zero attached hydrogens (tertiary/aromatic N) is 2. The van der Waals surface area contributed by atoms with E-state index in [2.05, 4.69) is 9.88 Å². The van der Waals surface area contributed by atoms with Crippen LogP contribution >= 0.6 is 0 Å². The monoisotopic (exact) mass is 294 g/mol. The largest absolute Gasteiger partial charge is 0.335 e. The number of pyridine rings is 1. The highest BCUT2D eigenvalue weighted by Gasteiger charge is 2.36. The van der Waals surface area contributed by atoms with Gasteiger partial charge in [0, 0.05) is 24.2 Å². The molecule has 1 aliphatic carbocycles. The van der Waals surface area contributed by atoms with Crippen LogP contribution in [-0.4, -0.2) is 28.4 Å². The number of carbonyl (C=O) groups is 1. The van der Waals surface area contributed by atoms with Crippen LogP contribution in [0.4, 0.5) is 0 Å². The van der Waals surface area contributed by atoms with Crippen LogP contribution in [0.15, 0.2) is 36.5 Å². The molecule has 0 bridgehead atoms. The number of likely N-dealkylation sites (tertiary alicyclic amines) is 1. The summed E-state index contributed by atoms with van der Waals surface area (Å²) in [5.41, 5.74) is 1.69. The second kappa shape index (κ2) is 5.71. The van der Waals surface area contributed by atoms with Crippen molar-refractivity contribution < 1.29 is 4.79 Å². The van der Waals surface area contributed by atoms with Gasteiger partial charge in [-0.1, -0.05) is 31.0 Å². The number of rotatable bonds is 1. The van der Waals surface area contributed by atoms with Crippen molar-refractivity contribution in [3.8, 4) is 0 Å². The Morgan fingerprint density at radius 1 is 1.09 bits per heavy atom. The van der Waals surface area contributed by atoms with Gasteiger partial charge in [0.25, 0.3) is 5.91 Å². The number of amides is 1. The van der Waals surface area contributed by atoms with Gasteiger partial charge in [0.05, 0.1) is 11.1 Å². The van der Waals surface area contributed by atoms with Gasteiger partial charge in [0.2, 0.25) is 0 Å². The summed E-state index contributed by atoms with van der Waals surface area (Å²) < 4.78 is 0. The summed E-state index contributed by atoms with van der Waals surface area (Å²) in [6.07, 6.45) is 9.26. The minimum Gasteiger partial charge on any atom is -0.335 e. The van der Waals surface area contributed by atoms with Gasteiger partial charge in [-0.2, -0.15) is 0 Å². The highest BCUT2D eigenvalue weighted by molar-refractivity contribution is 5.97.